The molecule has 2 atom stereocenters. The number of rotatable bonds is 1. The predicted molar refractivity (Wildman–Crippen MR) is 59.8 cm³/mol. The molecule has 1 aromatic heterocycles. The highest BCUT2D eigenvalue weighted by Crippen LogP contribution is 2.26. The average molecular weight is 247 g/mol. The van der Waals surface area contributed by atoms with E-state index in [1.54, 1.807) is 4.90 Å². The van der Waals surface area contributed by atoms with Gasteiger partial charge in [0.05, 0.1) is 11.6 Å². The minimum atomic E-state index is -0.658. The van der Waals surface area contributed by atoms with Crippen molar-refractivity contribution in [1.29, 1.82) is 0 Å². The van der Waals surface area contributed by atoms with Gasteiger partial charge in [-0.1, -0.05) is 6.92 Å². The fourth-order valence-electron chi connectivity index (χ4n) is 1.85. The van der Waals surface area contributed by atoms with Gasteiger partial charge in [0, 0.05) is 19.2 Å². The van der Waals surface area contributed by atoms with Crippen LogP contribution in [0.2, 0.25) is 0 Å². The van der Waals surface area contributed by atoms with Gasteiger partial charge in [-0.2, -0.15) is 0 Å². The Labute approximate surface area is 98.2 Å². The summed E-state index contributed by atoms with van der Waals surface area (Å²) >= 11 is 6.13. The average Bonchev–Trinajstić information content (AvgIpc) is 2.22. The van der Waals surface area contributed by atoms with Gasteiger partial charge < -0.3 is 4.90 Å². The zero-order valence-electron chi connectivity index (χ0n) is 8.96. The molecule has 2 unspecified atom stereocenters. The minimum Gasteiger partial charge on any atom is -0.353 e. The Bertz CT molecular complexity index is 386. The quantitative estimate of drug-likeness (QED) is 0.709. The molecule has 0 spiro atoms. The van der Waals surface area contributed by atoms with Crippen LogP contribution in [0.3, 0.4) is 0 Å². The lowest BCUT2D eigenvalue weighted by Gasteiger charge is -2.34. The molecule has 1 aliphatic heterocycles. The Morgan fingerprint density at radius 2 is 2.25 bits per heavy atom. The number of aromatic nitrogens is 1. The Kier molecular flexibility index (Phi) is 3.28. The second-order valence-corrected chi connectivity index (χ2v) is 4.75. The first-order valence-electron chi connectivity index (χ1n) is 5.28. The molecule has 0 bridgehead atoms. The maximum absolute atomic E-state index is 13.5. The van der Waals surface area contributed by atoms with Gasteiger partial charge in [-0.15, -0.1) is 11.6 Å². The molecule has 1 fully saturated rings. The van der Waals surface area contributed by atoms with E-state index >= 15 is 0 Å². The van der Waals surface area contributed by atoms with Crippen LogP contribution in [0, 0.1) is 17.6 Å². The van der Waals surface area contributed by atoms with Gasteiger partial charge in [0.15, 0.2) is 11.6 Å². The van der Waals surface area contributed by atoms with E-state index in [2.05, 4.69) is 11.9 Å². The summed E-state index contributed by atoms with van der Waals surface area (Å²) in [5.74, 6) is -0.673. The zero-order valence-corrected chi connectivity index (χ0v) is 9.71. The fourth-order valence-corrected chi connectivity index (χ4v) is 2.15. The van der Waals surface area contributed by atoms with Gasteiger partial charge in [-0.3, -0.25) is 0 Å². The van der Waals surface area contributed by atoms with E-state index in [9.17, 15) is 8.78 Å². The van der Waals surface area contributed by atoms with Crippen molar-refractivity contribution in [2.45, 2.75) is 18.7 Å². The van der Waals surface area contributed by atoms with E-state index in [-0.39, 0.29) is 11.2 Å². The Hall–Kier alpha value is -0.900. The maximum atomic E-state index is 13.5. The molecule has 88 valence electrons. The molecule has 5 heteroatoms. The lowest BCUT2D eigenvalue weighted by Crippen LogP contribution is -2.41. The van der Waals surface area contributed by atoms with Crippen molar-refractivity contribution >= 4 is 17.4 Å². The topological polar surface area (TPSA) is 16.1 Å². The summed E-state index contributed by atoms with van der Waals surface area (Å²) in [6.07, 6.45) is 1.92. The molecule has 1 aromatic rings. The number of pyridine rings is 1. The Morgan fingerprint density at radius 1 is 1.50 bits per heavy atom. The summed E-state index contributed by atoms with van der Waals surface area (Å²) < 4.78 is 26.2. The molecule has 0 amide bonds. The SMILES string of the molecule is CC1CCN(c2ncc(F)cc2F)CC1Cl. The molecule has 2 heterocycles. The first-order chi connectivity index (χ1) is 7.58. The van der Waals surface area contributed by atoms with E-state index < -0.39 is 11.6 Å². The summed E-state index contributed by atoms with van der Waals surface area (Å²) in [6, 6.07) is 0.851. The molecular formula is C11H13ClF2N2. The second kappa shape index (κ2) is 4.53. The summed E-state index contributed by atoms with van der Waals surface area (Å²) in [6.45, 7) is 3.33. The van der Waals surface area contributed by atoms with Gasteiger partial charge in [0.1, 0.15) is 5.82 Å². The number of hydrogen-bond donors (Lipinski definition) is 0. The Balaban J connectivity index is 2.18. The van der Waals surface area contributed by atoms with Crippen molar-refractivity contribution in [3.05, 3.63) is 23.9 Å². The van der Waals surface area contributed by atoms with Gasteiger partial charge in [0.2, 0.25) is 0 Å². The highest BCUT2D eigenvalue weighted by molar-refractivity contribution is 6.21. The molecule has 2 nitrogen and oxygen atoms in total. The molecule has 0 N–H and O–H groups in total. The predicted octanol–water partition coefficient (Wildman–Crippen LogP) is 2.81. The third kappa shape index (κ3) is 2.26. The highest BCUT2D eigenvalue weighted by atomic mass is 35.5. The number of alkyl halides is 1. The van der Waals surface area contributed by atoms with Crippen molar-refractivity contribution in [2.24, 2.45) is 5.92 Å². The number of anilines is 1. The lowest BCUT2D eigenvalue weighted by atomic mass is 9.98. The van der Waals surface area contributed by atoms with Gasteiger partial charge in [-0.25, -0.2) is 13.8 Å². The van der Waals surface area contributed by atoms with Crippen LogP contribution in [0.4, 0.5) is 14.6 Å². The lowest BCUT2D eigenvalue weighted by molar-refractivity contribution is 0.438. The molecule has 0 radical (unpaired) electrons. The van der Waals surface area contributed by atoms with E-state index in [0.717, 1.165) is 18.7 Å². The standard InChI is InChI=1S/C11H13ClF2N2/c1-7-2-3-16(6-9(7)12)11-10(14)4-8(13)5-15-11/h4-5,7,9H,2-3,6H2,1H3. The molecular weight excluding hydrogens is 234 g/mol. The molecule has 0 saturated carbocycles. The zero-order chi connectivity index (χ0) is 11.7. The van der Waals surface area contributed by atoms with Crippen molar-refractivity contribution in [3.8, 4) is 0 Å². The van der Waals surface area contributed by atoms with Crippen LogP contribution in [-0.2, 0) is 0 Å². The normalized spacial score (nSPS) is 25.9. The van der Waals surface area contributed by atoms with Crippen LogP contribution in [0.1, 0.15) is 13.3 Å². The third-order valence-electron chi connectivity index (χ3n) is 2.95. The fraction of sp³-hybridized carbons (Fsp3) is 0.545. The van der Waals surface area contributed by atoms with Crippen LogP contribution >= 0.6 is 11.6 Å². The van der Waals surface area contributed by atoms with Gasteiger partial charge in [-0.05, 0) is 12.3 Å². The summed E-state index contributed by atoms with van der Waals surface area (Å²) in [7, 11) is 0. The van der Waals surface area contributed by atoms with Crippen molar-refractivity contribution in [2.75, 3.05) is 18.0 Å². The largest absolute Gasteiger partial charge is 0.353 e. The monoisotopic (exact) mass is 246 g/mol. The third-order valence-corrected chi connectivity index (χ3v) is 3.52. The first-order valence-corrected chi connectivity index (χ1v) is 5.71. The van der Waals surface area contributed by atoms with E-state index in [4.69, 9.17) is 11.6 Å². The van der Waals surface area contributed by atoms with Crippen molar-refractivity contribution in [3.63, 3.8) is 0 Å². The molecule has 1 aliphatic rings. The van der Waals surface area contributed by atoms with Crippen LogP contribution in [-0.4, -0.2) is 23.5 Å². The van der Waals surface area contributed by atoms with Crippen molar-refractivity contribution < 1.29 is 8.78 Å². The number of halogens is 3. The summed E-state index contributed by atoms with van der Waals surface area (Å²) in [4.78, 5) is 5.55. The van der Waals surface area contributed by atoms with Crippen LogP contribution in [0.15, 0.2) is 12.3 Å². The summed E-state index contributed by atoms with van der Waals surface area (Å²) in [5.41, 5.74) is 0. The smallest absolute Gasteiger partial charge is 0.168 e. The van der Waals surface area contributed by atoms with E-state index in [1.165, 1.54) is 0 Å². The second-order valence-electron chi connectivity index (χ2n) is 4.19. The number of hydrogen-bond acceptors (Lipinski definition) is 2. The molecule has 0 aliphatic carbocycles. The van der Waals surface area contributed by atoms with Gasteiger partial charge >= 0.3 is 0 Å². The van der Waals surface area contributed by atoms with Crippen LogP contribution in [0.25, 0.3) is 0 Å². The summed E-state index contributed by atoms with van der Waals surface area (Å²) in [5, 5.41) is -0.0139. The molecule has 0 aromatic carbocycles. The first kappa shape index (κ1) is 11.6. The highest BCUT2D eigenvalue weighted by Gasteiger charge is 2.26. The maximum Gasteiger partial charge on any atom is 0.168 e. The van der Waals surface area contributed by atoms with Gasteiger partial charge in [0.25, 0.3) is 0 Å². The van der Waals surface area contributed by atoms with Crippen molar-refractivity contribution in [1.82, 2.24) is 4.98 Å². The van der Waals surface area contributed by atoms with Crippen LogP contribution in [0.5, 0.6) is 0 Å². The molecule has 16 heavy (non-hydrogen) atoms. The number of piperidine rings is 1. The minimum absolute atomic E-state index is 0.0139. The molecule has 2 rings (SSSR count). The van der Waals surface area contributed by atoms with Crippen LogP contribution < -0.4 is 4.90 Å². The molecule has 1 saturated heterocycles. The Morgan fingerprint density at radius 3 is 2.88 bits per heavy atom. The number of nitrogens with zero attached hydrogens (tertiary/aromatic N) is 2. The van der Waals surface area contributed by atoms with E-state index in [0.29, 0.717) is 19.0 Å². The van der Waals surface area contributed by atoms with E-state index in [1.807, 2.05) is 0 Å².